The fraction of sp³-hybridized carbons (Fsp3) is 0.417. The third-order valence-electron chi connectivity index (χ3n) is 2.47. The standard InChI is InChI=1S/C12H15ClN2O5/c1-2-5-14-10(12(16)17)7-20-8-3-4-11(15(18)19)9(13)6-8/h3-4,6,10,14H,2,5,7H2,1H3,(H,16,17). The van der Waals surface area contributed by atoms with Crippen molar-refractivity contribution in [2.75, 3.05) is 13.2 Å². The second kappa shape index (κ2) is 7.66. The first-order chi connectivity index (χ1) is 9.45. The number of nitro benzene ring substituents is 1. The summed E-state index contributed by atoms with van der Waals surface area (Å²) in [5.41, 5.74) is -0.224. The van der Waals surface area contributed by atoms with Crippen LogP contribution in [0.25, 0.3) is 0 Å². The highest BCUT2D eigenvalue weighted by Gasteiger charge is 2.18. The molecule has 1 rings (SSSR count). The van der Waals surface area contributed by atoms with Gasteiger partial charge in [-0.15, -0.1) is 0 Å². The Morgan fingerprint density at radius 2 is 2.30 bits per heavy atom. The Bertz CT molecular complexity index is 495. The molecule has 1 aromatic carbocycles. The minimum absolute atomic E-state index is 0.0547. The van der Waals surface area contributed by atoms with Crippen LogP contribution in [-0.4, -0.2) is 35.2 Å². The van der Waals surface area contributed by atoms with Crippen molar-refractivity contribution in [3.63, 3.8) is 0 Å². The number of hydrogen-bond acceptors (Lipinski definition) is 5. The van der Waals surface area contributed by atoms with Gasteiger partial charge >= 0.3 is 5.97 Å². The summed E-state index contributed by atoms with van der Waals surface area (Å²) in [6.45, 7) is 2.38. The summed E-state index contributed by atoms with van der Waals surface area (Å²) in [7, 11) is 0. The van der Waals surface area contributed by atoms with E-state index in [9.17, 15) is 14.9 Å². The number of aliphatic carboxylic acids is 1. The fourth-order valence-electron chi connectivity index (χ4n) is 1.44. The number of hydrogen-bond donors (Lipinski definition) is 2. The van der Waals surface area contributed by atoms with E-state index >= 15 is 0 Å². The first kappa shape index (κ1) is 16.2. The Balaban J connectivity index is 2.66. The van der Waals surface area contributed by atoms with E-state index in [1.807, 2.05) is 6.92 Å². The van der Waals surface area contributed by atoms with E-state index in [1.54, 1.807) is 0 Å². The second-order valence-corrected chi connectivity index (χ2v) is 4.43. The van der Waals surface area contributed by atoms with Crippen LogP contribution in [0.3, 0.4) is 0 Å². The van der Waals surface area contributed by atoms with Gasteiger partial charge in [0.25, 0.3) is 5.69 Å². The van der Waals surface area contributed by atoms with E-state index < -0.39 is 16.9 Å². The first-order valence-corrected chi connectivity index (χ1v) is 6.36. The predicted molar refractivity (Wildman–Crippen MR) is 73.3 cm³/mol. The molecule has 0 spiro atoms. The molecule has 1 unspecified atom stereocenters. The molecule has 0 heterocycles. The van der Waals surface area contributed by atoms with Crippen LogP contribution in [0.1, 0.15) is 13.3 Å². The number of rotatable bonds is 8. The van der Waals surface area contributed by atoms with Gasteiger partial charge in [-0.25, -0.2) is 0 Å². The Morgan fingerprint density at radius 3 is 2.80 bits per heavy atom. The van der Waals surface area contributed by atoms with Crippen molar-refractivity contribution in [2.45, 2.75) is 19.4 Å². The van der Waals surface area contributed by atoms with Gasteiger partial charge < -0.3 is 15.2 Å². The molecule has 7 nitrogen and oxygen atoms in total. The SMILES string of the molecule is CCCNC(COc1ccc([N+](=O)[O-])c(Cl)c1)C(=O)O. The van der Waals surface area contributed by atoms with Crippen molar-refractivity contribution >= 4 is 23.3 Å². The molecule has 2 N–H and O–H groups in total. The smallest absolute Gasteiger partial charge is 0.324 e. The maximum atomic E-state index is 11.0. The summed E-state index contributed by atoms with van der Waals surface area (Å²) in [5, 5.41) is 22.4. The maximum Gasteiger partial charge on any atom is 0.324 e. The van der Waals surface area contributed by atoms with Crippen molar-refractivity contribution in [3.05, 3.63) is 33.3 Å². The molecule has 1 atom stereocenters. The van der Waals surface area contributed by atoms with Crippen LogP contribution in [-0.2, 0) is 4.79 Å². The first-order valence-electron chi connectivity index (χ1n) is 5.98. The highest BCUT2D eigenvalue weighted by molar-refractivity contribution is 6.32. The van der Waals surface area contributed by atoms with Crippen molar-refractivity contribution < 1.29 is 19.6 Å². The third kappa shape index (κ3) is 4.67. The van der Waals surface area contributed by atoms with E-state index in [4.69, 9.17) is 21.4 Å². The van der Waals surface area contributed by atoms with Gasteiger partial charge in [-0.2, -0.15) is 0 Å². The molecule has 0 saturated heterocycles. The number of carboxylic acids is 1. The Morgan fingerprint density at radius 1 is 1.60 bits per heavy atom. The molecule has 0 radical (unpaired) electrons. The number of carboxylic acid groups (broad SMARTS) is 1. The molecule has 20 heavy (non-hydrogen) atoms. The van der Waals surface area contributed by atoms with Crippen molar-refractivity contribution in [2.24, 2.45) is 0 Å². The van der Waals surface area contributed by atoms with Gasteiger partial charge in [0.1, 0.15) is 23.4 Å². The summed E-state index contributed by atoms with van der Waals surface area (Å²) < 4.78 is 5.29. The molecule has 0 aliphatic heterocycles. The van der Waals surface area contributed by atoms with E-state index in [0.29, 0.717) is 6.54 Å². The molecule has 0 aromatic heterocycles. The summed E-state index contributed by atoms with van der Waals surface area (Å²) in [5.74, 6) is -0.739. The van der Waals surface area contributed by atoms with Gasteiger partial charge in [-0.3, -0.25) is 14.9 Å². The van der Waals surface area contributed by atoms with Crippen molar-refractivity contribution in [1.29, 1.82) is 0 Å². The van der Waals surface area contributed by atoms with Crippen LogP contribution in [0.2, 0.25) is 5.02 Å². The molecule has 8 heteroatoms. The average molecular weight is 303 g/mol. The average Bonchev–Trinajstić information content (AvgIpc) is 2.38. The molecular weight excluding hydrogens is 288 g/mol. The lowest BCUT2D eigenvalue weighted by Gasteiger charge is -2.15. The van der Waals surface area contributed by atoms with Gasteiger partial charge in [0.05, 0.1) is 4.92 Å². The van der Waals surface area contributed by atoms with Crippen molar-refractivity contribution in [3.8, 4) is 5.75 Å². The number of halogens is 1. The van der Waals surface area contributed by atoms with E-state index in [0.717, 1.165) is 6.42 Å². The molecule has 0 saturated carbocycles. The molecule has 110 valence electrons. The lowest BCUT2D eigenvalue weighted by atomic mass is 10.3. The number of nitrogens with zero attached hydrogens (tertiary/aromatic N) is 1. The highest BCUT2D eigenvalue weighted by Crippen LogP contribution is 2.28. The number of carbonyl (C=O) groups is 1. The summed E-state index contributed by atoms with van der Waals surface area (Å²) in [6.07, 6.45) is 0.799. The van der Waals surface area contributed by atoms with E-state index in [2.05, 4.69) is 5.32 Å². The quantitative estimate of drug-likeness (QED) is 0.563. The highest BCUT2D eigenvalue weighted by atomic mass is 35.5. The zero-order chi connectivity index (χ0) is 15.1. The normalized spacial score (nSPS) is 11.9. The minimum atomic E-state index is -1.02. The maximum absolute atomic E-state index is 11.0. The minimum Gasteiger partial charge on any atom is -0.491 e. The fourth-order valence-corrected chi connectivity index (χ4v) is 1.68. The van der Waals surface area contributed by atoms with Gasteiger partial charge in [0.2, 0.25) is 0 Å². The molecule has 1 aromatic rings. The van der Waals surface area contributed by atoms with Crippen LogP contribution in [0.5, 0.6) is 5.75 Å². The van der Waals surface area contributed by atoms with Crippen LogP contribution < -0.4 is 10.1 Å². The van der Waals surface area contributed by atoms with Crippen LogP contribution in [0.15, 0.2) is 18.2 Å². The zero-order valence-electron chi connectivity index (χ0n) is 10.8. The van der Waals surface area contributed by atoms with Gasteiger partial charge in [0, 0.05) is 12.1 Å². The molecule has 0 aliphatic carbocycles. The summed E-state index contributed by atoms with van der Waals surface area (Å²) in [6, 6.07) is 3.04. The Kier molecular flexibility index (Phi) is 6.20. The van der Waals surface area contributed by atoms with E-state index in [1.165, 1.54) is 18.2 Å². The summed E-state index contributed by atoms with van der Waals surface area (Å²) >= 11 is 5.73. The molecule has 0 bridgehead atoms. The number of benzene rings is 1. The molecule has 0 amide bonds. The topological polar surface area (TPSA) is 102 Å². The largest absolute Gasteiger partial charge is 0.491 e. The molecule has 0 fully saturated rings. The van der Waals surface area contributed by atoms with Crippen LogP contribution in [0.4, 0.5) is 5.69 Å². The zero-order valence-corrected chi connectivity index (χ0v) is 11.6. The van der Waals surface area contributed by atoms with Gasteiger partial charge in [0.15, 0.2) is 0 Å². The lowest BCUT2D eigenvalue weighted by Crippen LogP contribution is -2.41. The molecular formula is C12H15ClN2O5. The number of nitro groups is 1. The Labute approximate surface area is 120 Å². The third-order valence-corrected chi connectivity index (χ3v) is 2.77. The van der Waals surface area contributed by atoms with Gasteiger partial charge in [-0.05, 0) is 19.0 Å². The Hall–Kier alpha value is -1.86. The molecule has 0 aliphatic rings. The van der Waals surface area contributed by atoms with Crippen LogP contribution in [0, 0.1) is 10.1 Å². The lowest BCUT2D eigenvalue weighted by molar-refractivity contribution is -0.384. The predicted octanol–water partition coefficient (Wildman–Crippen LogP) is 2.08. The van der Waals surface area contributed by atoms with Crippen molar-refractivity contribution in [1.82, 2.24) is 5.32 Å². The van der Waals surface area contributed by atoms with Crippen LogP contribution >= 0.6 is 11.6 Å². The van der Waals surface area contributed by atoms with Gasteiger partial charge in [-0.1, -0.05) is 18.5 Å². The van der Waals surface area contributed by atoms with E-state index in [-0.39, 0.29) is 23.1 Å². The monoisotopic (exact) mass is 302 g/mol. The second-order valence-electron chi connectivity index (χ2n) is 4.03. The number of nitrogens with one attached hydrogen (secondary N) is 1. The summed E-state index contributed by atoms with van der Waals surface area (Å²) in [4.78, 5) is 21.0. The number of ether oxygens (including phenoxy) is 1.